The Labute approximate surface area is 106 Å². The number of allylic oxidation sites excluding steroid dienone is 3. The van der Waals surface area contributed by atoms with Gasteiger partial charge in [0.2, 0.25) is 0 Å². The van der Waals surface area contributed by atoms with Crippen molar-refractivity contribution in [3.05, 3.63) is 71.6 Å². The van der Waals surface area contributed by atoms with Gasteiger partial charge in [-0.25, -0.2) is 0 Å². The lowest BCUT2D eigenvalue weighted by molar-refractivity contribution is 0.0966. The standard InChI is InChI=1S/C15H14N2O/c18-15(11-5-2-1-3-6-11)17-14-8-4-7-12-9-16-10-13(12)14/h1-8,10,12,16H,9H2,(H,17,18). The van der Waals surface area contributed by atoms with Gasteiger partial charge >= 0.3 is 0 Å². The van der Waals surface area contributed by atoms with Crippen molar-refractivity contribution < 1.29 is 4.79 Å². The fourth-order valence-corrected chi connectivity index (χ4v) is 2.24. The molecule has 0 spiro atoms. The van der Waals surface area contributed by atoms with E-state index in [1.165, 1.54) is 0 Å². The molecule has 0 saturated heterocycles. The summed E-state index contributed by atoms with van der Waals surface area (Å²) in [6, 6.07) is 9.26. The lowest BCUT2D eigenvalue weighted by Gasteiger charge is -2.17. The van der Waals surface area contributed by atoms with Crippen LogP contribution in [0.3, 0.4) is 0 Å². The molecule has 1 aromatic rings. The monoisotopic (exact) mass is 238 g/mol. The Bertz CT molecular complexity index is 555. The highest BCUT2D eigenvalue weighted by molar-refractivity contribution is 5.95. The first-order chi connectivity index (χ1) is 8.84. The summed E-state index contributed by atoms with van der Waals surface area (Å²) in [4.78, 5) is 12.1. The molecule has 1 amide bonds. The number of fused-ring (bicyclic) bond motifs is 1. The van der Waals surface area contributed by atoms with E-state index >= 15 is 0 Å². The van der Waals surface area contributed by atoms with Gasteiger partial charge in [0.15, 0.2) is 0 Å². The maximum atomic E-state index is 12.1. The number of rotatable bonds is 2. The molecule has 0 saturated carbocycles. The lowest BCUT2D eigenvalue weighted by Crippen LogP contribution is -2.26. The van der Waals surface area contributed by atoms with Crippen molar-refractivity contribution in [1.82, 2.24) is 10.6 Å². The highest BCUT2D eigenvalue weighted by Crippen LogP contribution is 2.26. The van der Waals surface area contributed by atoms with Gasteiger partial charge in [-0.1, -0.05) is 30.4 Å². The molecular weight excluding hydrogens is 224 g/mol. The number of nitrogens with one attached hydrogen (secondary N) is 2. The van der Waals surface area contributed by atoms with Crippen molar-refractivity contribution in [2.45, 2.75) is 0 Å². The van der Waals surface area contributed by atoms with E-state index in [0.717, 1.165) is 17.8 Å². The Morgan fingerprint density at radius 3 is 2.94 bits per heavy atom. The molecule has 1 aliphatic carbocycles. The van der Waals surface area contributed by atoms with Gasteiger partial charge in [0.05, 0.1) is 0 Å². The van der Waals surface area contributed by atoms with Crippen molar-refractivity contribution in [3.8, 4) is 0 Å². The summed E-state index contributed by atoms with van der Waals surface area (Å²) >= 11 is 0. The number of hydrogen-bond acceptors (Lipinski definition) is 2. The number of amides is 1. The molecule has 0 bridgehead atoms. The van der Waals surface area contributed by atoms with E-state index < -0.39 is 0 Å². The normalized spacial score (nSPS) is 20.6. The molecule has 2 aliphatic rings. The summed E-state index contributed by atoms with van der Waals surface area (Å²) in [5.74, 6) is 0.310. The molecule has 90 valence electrons. The van der Waals surface area contributed by atoms with Gasteiger partial charge in [-0.2, -0.15) is 0 Å². The first-order valence-corrected chi connectivity index (χ1v) is 6.03. The van der Waals surface area contributed by atoms with Crippen LogP contribution in [0.2, 0.25) is 0 Å². The topological polar surface area (TPSA) is 41.1 Å². The van der Waals surface area contributed by atoms with E-state index in [1.54, 1.807) is 0 Å². The smallest absolute Gasteiger partial charge is 0.255 e. The Balaban J connectivity index is 1.79. The molecular formula is C15H14N2O. The van der Waals surface area contributed by atoms with Crippen LogP contribution < -0.4 is 10.6 Å². The van der Waals surface area contributed by atoms with Gasteiger partial charge in [0.1, 0.15) is 0 Å². The Morgan fingerprint density at radius 1 is 1.28 bits per heavy atom. The van der Waals surface area contributed by atoms with E-state index in [0.29, 0.717) is 11.5 Å². The highest BCUT2D eigenvalue weighted by atomic mass is 16.1. The third-order valence-corrected chi connectivity index (χ3v) is 3.20. The molecule has 1 unspecified atom stereocenters. The Morgan fingerprint density at radius 2 is 2.11 bits per heavy atom. The number of carbonyl (C=O) groups is 1. The second-order valence-electron chi connectivity index (χ2n) is 4.40. The van der Waals surface area contributed by atoms with Crippen LogP contribution in [0.1, 0.15) is 10.4 Å². The molecule has 2 N–H and O–H groups in total. The Hall–Kier alpha value is -2.29. The molecule has 3 heteroatoms. The number of benzene rings is 1. The van der Waals surface area contributed by atoms with Gasteiger partial charge in [-0.3, -0.25) is 4.79 Å². The third kappa shape index (κ3) is 1.95. The van der Waals surface area contributed by atoms with Crippen LogP contribution in [0, 0.1) is 5.92 Å². The van der Waals surface area contributed by atoms with E-state index in [-0.39, 0.29) is 5.91 Å². The quantitative estimate of drug-likeness (QED) is 0.827. The summed E-state index contributed by atoms with van der Waals surface area (Å²) in [5, 5.41) is 6.17. The van der Waals surface area contributed by atoms with Gasteiger partial charge in [-0.05, 0) is 23.8 Å². The minimum Gasteiger partial charge on any atom is -0.390 e. The molecule has 1 atom stereocenters. The SMILES string of the molecule is O=C(NC1=CC=CC2CNC=C12)c1ccccc1. The molecule has 1 aromatic carbocycles. The lowest BCUT2D eigenvalue weighted by atomic mass is 9.94. The molecule has 0 aromatic heterocycles. The zero-order valence-corrected chi connectivity index (χ0v) is 9.89. The van der Waals surface area contributed by atoms with E-state index in [2.05, 4.69) is 16.7 Å². The number of hydrogen-bond donors (Lipinski definition) is 2. The Kier molecular flexibility index (Phi) is 2.73. The van der Waals surface area contributed by atoms with Crippen LogP contribution in [-0.4, -0.2) is 12.5 Å². The molecule has 3 nitrogen and oxygen atoms in total. The maximum Gasteiger partial charge on any atom is 0.255 e. The van der Waals surface area contributed by atoms with E-state index in [4.69, 9.17) is 0 Å². The van der Waals surface area contributed by atoms with E-state index in [1.807, 2.05) is 48.7 Å². The van der Waals surface area contributed by atoms with Crippen LogP contribution in [0.25, 0.3) is 0 Å². The summed E-state index contributed by atoms with van der Waals surface area (Å²) in [7, 11) is 0. The maximum absolute atomic E-state index is 12.1. The van der Waals surface area contributed by atoms with Gasteiger partial charge in [0.25, 0.3) is 5.91 Å². The van der Waals surface area contributed by atoms with Crippen LogP contribution in [0.4, 0.5) is 0 Å². The predicted molar refractivity (Wildman–Crippen MR) is 70.7 cm³/mol. The number of carbonyl (C=O) groups excluding carboxylic acids is 1. The average Bonchev–Trinajstić information content (AvgIpc) is 2.89. The zero-order chi connectivity index (χ0) is 12.4. The van der Waals surface area contributed by atoms with Crippen LogP contribution in [-0.2, 0) is 0 Å². The highest BCUT2D eigenvalue weighted by Gasteiger charge is 2.23. The second-order valence-corrected chi connectivity index (χ2v) is 4.40. The minimum absolute atomic E-state index is 0.0660. The van der Waals surface area contributed by atoms with E-state index in [9.17, 15) is 4.79 Å². The fraction of sp³-hybridized carbons (Fsp3) is 0.133. The second kappa shape index (κ2) is 4.53. The molecule has 3 rings (SSSR count). The first-order valence-electron chi connectivity index (χ1n) is 6.03. The van der Waals surface area contributed by atoms with Gasteiger partial charge < -0.3 is 10.6 Å². The minimum atomic E-state index is -0.0660. The summed E-state index contributed by atoms with van der Waals surface area (Å²) in [5.41, 5.74) is 2.72. The summed E-state index contributed by atoms with van der Waals surface area (Å²) in [6.07, 6.45) is 8.06. The van der Waals surface area contributed by atoms with Crippen molar-refractivity contribution in [2.75, 3.05) is 6.54 Å². The largest absolute Gasteiger partial charge is 0.390 e. The van der Waals surface area contributed by atoms with Crippen molar-refractivity contribution >= 4 is 5.91 Å². The van der Waals surface area contributed by atoms with Gasteiger partial charge in [0, 0.05) is 29.9 Å². The summed E-state index contributed by atoms with van der Waals surface area (Å²) in [6.45, 7) is 0.907. The zero-order valence-electron chi connectivity index (χ0n) is 9.89. The molecule has 1 aliphatic heterocycles. The fourth-order valence-electron chi connectivity index (χ4n) is 2.24. The summed E-state index contributed by atoms with van der Waals surface area (Å²) < 4.78 is 0. The van der Waals surface area contributed by atoms with Crippen LogP contribution in [0.5, 0.6) is 0 Å². The van der Waals surface area contributed by atoms with Gasteiger partial charge in [-0.15, -0.1) is 0 Å². The molecule has 18 heavy (non-hydrogen) atoms. The van der Waals surface area contributed by atoms with Crippen LogP contribution >= 0.6 is 0 Å². The van der Waals surface area contributed by atoms with Crippen LogP contribution in [0.15, 0.2) is 66.0 Å². The average molecular weight is 238 g/mol. The third-order valence-electron chi connectivity index (χ3n) is 3.20. The molecule has 1 heterocycles. The predicted octanol–water partition coefficient (Wildman–Crippen LogP) is 1.97. The van der Waals surface area contributed by atoms with Crippen molar-refractivity contribution in [1.29, 1.82) is 0 Å². The first kappa shape index (κ1) is 10.8. The van der Waals surface area contributed by atoms with Crippen molar-refractivity contribution in [2.24, 2.45) is 5.92 Å². The van der Waals surface area contributed by atoms with Crippen molar-refractivity contribution in [3.63, 3.8) is 0 Å². The molecule has 0 radical (unpaired) electrons. The molecule has 0 fully saturated rings.